The van der Waals surface area contributed by atoms with Gasteiger partial charge in [-0.3, -0.25) is 0 Å². The Hall–Kier alpha value is -2.21. The van der Waals surface area contributed by atoms with Crippen LogP contribution in [0.5, 0.6) is 0 Å². The van der Waals surface area contributed by atoms with Gasteiger partial charge in [0.15, 0.2) is 11.1 Å². The van der Waals surface area contributed by atoms with Crippen molar-refractivity contribution in [3.8, 4) is 0 Å². The largest absolute Gasteiger partial charge is 0.358 e. The number of nitrogens with zero attached hydrogens (tertiary/aromatic N) is 6. The third-order valence-corrected chi connectivity index (χ3v) is 3.16. The Morgan fingerprint density at radius 2 is 2.42 bits per heavy atom. The van der Waals surface area contributed by atoms with Crippen molar-refractivity contribution in [3.63, 3.8) is 0 Å². The zero-order chi connectivity index (χ0) is 14.0. The van der Waals surface area contributed by atoms with Crippen LogP contribution in [0.4, 0.5) is 5.82 Å². The van der Waals surface area contributed by atoms with E-state index in [4.69, 9.17) is 0 Å². The van der Waals surface area contributed by atoms with Gasteiger partial charge in [0.25, 0.3) is 5.89 Å². The SMILES string of the molecule is CCn1c([N+](=O)[O-])cnc1C(c1nnno1)S(=O)O. The van der Waals surface area contributed by atoms with E-state index in [0.717, 1.165) is 6.20 Å². The summed E-state index contributed by atoms with van der Waals surface area (Å²) >= 11 is -2.44. The van der Waals surface area contributed by atoms with Crippen LogP contribution in [-0.4, -0.2) is 38.8 Å². The molecule has 2 rings (SSSR count). The molecule has 0 aliphatic heterocycles. The van der Waals surface area contributed by atoms with Gasteiger partial charge in [0.05, 0.1) is 11.8 Å². The van der Waals surface area contributed by atoms with E-state index >= 15 is 0 Å². The smallest absolute Gasteiger partial charge is 0.342 e. The van der Waals surface area contributed by atoms with Crippen LogP contribution in [0.3, 0.4) is 0 Å². The Balaban J connectivity index is 2.55. The molecular formula is C7H8N6O5S. The average molecular weight is 288 g/mol. The summed E-state index contributed by atoms with van der Waals surface area (Å²) in [6, 6.07) is 0. The first-order valence-electron chi connectivity index (χ1n) is 5.00. The topological polar surface area (TPSA) is 150 Å². The molecule has 19 heavy (non-hydrogen) atoms. The first-order valence-corrected chi connectivity index (χ1v) is 6.17. The molecule has 2 heterocycles. The summed E-state index contributed by atoms with van der Waals surface area (Å²) in [5.41, 5.74) is 0. The molecule has 0 fully saturated rings. The molecule has 0 amide bonds. The van der Waals surface area contributed by atoms with Gasteiger partial charge in [-0.2, -0.15) is 0 Å². The van der Waals surface area contributed by atoms with Crippen molar-refractivity contribution >= 4 is 16.9 Å². The number of nitro groups is 1. The van der Waals surface area contributed by atoms with Crippen LogP contribution in [0.25, 0.3) is 0 Å². The third kappa shape index (κ3) is 2.34. The minimum absolute atomic E-state index is 0.0129. The number of imidazole rings is 1. The zero-order valence-corrected chi connectivity index (χ0v) is 10.4. The molecule has 2 aromatic heterocycles. The average Bonchev–Trinajstić information content (AvgIpc) is 2.98. The van der Waals surface area contributed by atoms with Crippen LogP contribution >= 0.6 is 0 Å². The molecule has 0 bridgehead atoms. The van der Waals surface area contributed by atoms with Crippen LogP contribution in [0.1, 0.15) is 23.9 Å². The lowest BCUT2D eigenvalue weighted by Gasteiger charge is -2.06. The van der Waals surface area contributed by atoms with Gasteiger partial charge in [0, 0.05) is 0 Å². The highest BCUT2D eigenvalue weighted by molar-refractivity contribution is 7.79. The van der Waals surface area contributed by atoms with Gasteiger partial charge >= 0.3 is 5.82 Å². The summed E-state index contributed by atoms with van der Waals surface area (Å²) in [4.78, 5) is 14.0. The van der Waals surface area contributed by atoms with Gasteiger partial charge in [0.2, 0.25) is 11.1 Å². The quantitative estimate of drug-likeness (QED) is 0.451. The molecule has 1 N–H and O–H groups in total. The molecule has 11 nitrogen and oxygen atoms in total. The van der Waals surface area contributed by atoms with Gasteiger partial charge in [-0.1, -0.05) is 5.10 Å². The minimum Gasteiger partial charge on any atom is -0.358 e. The van der Waals surface area contributed by atoms with Crippen LogP contribution in [0.2, 0.25) is 0 Å². The summed E-state index contributed by atoms with van der Waals surface area (Å²) in [5, 5.41) is 19.2. The Morgan fingerprint density at radius 1 is 1.68 bits per heavy atom. The molecule has 0 saturated carbocycles. The molecular weight excluding hydrogens is 280 g/mol. The van der Waals surface area contributed by atoms with Crippen LogP contribution in [0.15, 0.2) is 10.7 Å². The van der Waals surface area contributed by atoms with E-state index in [-0.39, 0.29) is 24.1 Å². The Labute approximate surface area is 108 Å². The predicted octanol–water partition coefficient (Wildman–Crippen LogP) is -0.0997. The van der Waals surface area contributed by atoms with Crippen molar-refractivity contribution in [2.75, 3.05) is 0 Å². The molecule has 0 aliphatic carbocycles. The zero-order valence-electron chi connectivity index (χ0n) is 9.53. The normalized spacial score (nSPS) is 14.2. The monoisotopic (exact) mass is 288 g/mol. The Bertz CT molecular complexity index is 610. The third-order valence-electron chi connectivity index (χ3n) is 2.34. The lowest BCUT2D eigenvalue weighted by atomic mass is 10.4. The molecule has 2 atom stereocenters. The highest BCUT2D eigenvalue weighted by atomic mass is 32.2. The molecule has 0 saturated heterocycles. The second kappa shape index (κ2) is 5.19. The highest BCUT2D eigenvalue weighted by Gasteiger charge is 2.35. The van der Waals surface area contributed by atoms with E-state index in [0.29, 0.717) is 0 Å². The van der Waals surface area contributed by atoms with Gasteiger partial charge in [-0.25, -0.2) is 13.8 Å². The fourth-order valence-electron chi connectivity index (χ4n) is 1.59. The Kier molecular flexibility index (Phi) is 3.62. The van der Waals surface area contributed by atoms with Crippen molar-refractivity contribution in [1.82, 2.24) is 25.1 Å². The summed E-state index contributed by atoms with van der Waals surface area (Å²) < 4.78 is 26.5. The summed E-state index contributed by atoms with van der Waals surface area (Å²) in [5.74, 6) is -0.544. The van der Waals surface area contributed by atoms with Crippen molar-refractivity contribution < 1.29 is 18.2 Å². The molecule has 12 heteroatoms. The lowest BCUT2D eigenvalue weighted by molar-refractivity contribution is -0.392. The second-order valence-corrected chi connectivity index (χ2v) is 4.36. The fourth-order valence-corrected chi connectivity index (χ4v) is 2.22. The van der Waals surface area contributed by atoms with Gasteiger partial charge < -0.3 is 19.2 Å². The van der Waals surface area contributed by atoms with Gasteiger partial charge in [0.1, 0.15) is 6.20 Å². The first kappa shape index (κ1) is 13.2. The molecule has 0 spiro atoms. The fraction of sp³-hybridized carbons (Fsp3) is 0.429. The van der Waals surface area contributed by atoms with Crippen LogP contribution in [0, 0.1) is 10.1 Å². The van der Waals surface area contributed by atoms with E-state index in [1.807, 2.05) is 0 Å². The van der Waals surface area contributed by atoms with Crippen molar-refractivity contribution in [3.05, 3.63) is 28.0 Å². The van der Waals surface area contributed by atoms with E-state index < -0.39 is 21.3 Å². The molecule has 0 aromatic carbocycles. The molecule has 0 radical (unpaired) electrons. The van der Waals surface area contributed by atoms with Crippen molar-refractivity contribution in [1.29, 1.82) is 0 Å². The number of aromatic nitrogens is 5. The molecule has 0 aliphatic rings. The first-order chi connectivity index (χ1) is 9.06. The Morgan fingerprint density at radius 3 is 2.89 bits per heavy atom. The van der Waals surface area contributed by atoms with Crippen molar-refractivity contribution in [2.24, 2.45) is 0 Å². The van der Waals surface area contributed by atoms with E-state index in [2.05, 4.69) is 25.1 Å². The highest BCUT2D eigenvalue weighted by Crippen LogP contribution is 2.27. The predicted molar refractivity (Wildman–Crippen MR) is 59.3 cm³/mol. The van der Waals surface area contributed by atoms with Gasteiger partial charge in [-0.05, 0) is 17.1 Å². The van der Waals surface area contributed by atoms with Crippen molar-refractivity contribution in [2.45, 2.75) is 18.7 Å². The lowest BCUT2D eigenvalue weighted by Crippen LogP contribution is -2.15. The second-order valence-electron chi connectivity index (χ2n) is 3.33. The maximum Gasteiger partial charge on any atom is 0.342 e. The maximum atomic E-state index is 11.4. The van der Waals surface area contributed by atoms with E-state index in [1.54, 1.807) is 6.92 Å². The molecule has 2 unspecified atom stereocenters. The number of hydrogen-bond donors (Lipinski definition) is 1. The standard InChI is InChI=1S/C7H8N6O5S/c1-2-12-4(13(14)15)3-8-6(12)5(19(16)17)7-9-10-11-18-7/h3,5H,2H2,1H3,(H,16,17). The minimum atomic E-state index is -2.44. The van der Waals surface area contributed by atoms with Crippen LogP contribution in [-0.2, 0) is 17.6 Å². The molecule has 2 aromatic rings. The molecule has 102 valence electrons. The van der Waals surface area contributed by atoms with E-state index in [9.17, 15) is 18.9 Å². The van der Waals surface area contributed by atoms with E-state index in [1.165, 1.54) is 4.57 Å². The van der Waals surface area contributed by atoms with Gasteiger partial charge in [-0.15, -0.1) is 0 Å². The summed E-state index contributed by atoms with van der Waals surface area (Å²) in [6.45, 7) is 1.84. The summed E-state index contributed by atoms with van der Waals surface area (Å²) in [6.07, 6.45) is 1.00. The van der Waals surface area contributed by atoms with Crippen LogP contribution < -0.4 is 0 Å². The number of rotatable bonds is 5. The maximum absolute atomic E-state index is 11.4. The number of hydrogen-bond acceptors (Lipinski definition) is 8. The summed E-state index contributed by atoms with van der Waals surface area (Å²) in [7, 11) is 0.